The van der Waals surface area contributed by atoms with Crippen molar-refractivity contribution < 1.29 is 8.42 Å². The van der Waals surface area contributed by atoms with Crippen molar-refractivity contribution in [3.63, 3.8) is 0 Å². The summed E-state index contributed by atoms with van der Waals surface area (Å²) in [5.74, 6) is 0.504. The second-order valence-corrected chi connectivity index (χ2v) is 9.58. The lowest BCUT2D eigenvalue weighted by atomic mass is 10.1. The number of benzene rings is 1. The van der Waals surface area contributed by atoms with Crippen molar-refractivity contribution in [1.82, 2.24) is 24.3 Å². The molecule has 0 amide bonds. The van der Waals surface area contributed by atoms with Crippen molar-refractivity contribution in [2.75, 3.05) is 13.1 Å². The molecule has 1 fully saturated rings. The van der Waals surface area contributed by atoms with Gasteiger partial charge in [-0.15, -0.1) is 10.2 Å². The molecule has 0 unspecified atom stereocenters. The van der Waals surface area contributed by atoms with Gasteiger partial charge in [0, 0.05) is 18.7 Å². The Kier molecular flexibility index (Phi) is 5.71. The number of piperidine rings is 1. The lowest BCUT2D eigenvalue weighted by molar-refractivity contribution is 0.346. The van der Waals surface area contributed by atoms with Crippen LogP contribution in [-0.2, 0) is 16.4 Å². The van der Waals surface area contributed by atoms with E-state index >= 15 is 0 Å². The summed E-state index contributed by atoms with van der Waals surface area (Å²) >= 11 is 0. The van der Waals surface area contributed by atoms with E-state index in [1.807, 2.05) is 24.3 Å². The summed E-state index contributed by atoms with van der Waals surface area (Å²) in [6.45, 7) is 6.76. The van der Waals surface area contributed by atoms with Crippen LogP contribution in [0.25, 0.3) is 17.1 Å². The molecule has 0 atom stereocenters. The first kappa shape index (κ1) is 20.7. The van der Waals surface area contributed by atoms with E-state index in [-0.39, 0.29) is 4.90 Å². The van der Waals surface area contributed by atoms with Gasteiger partial charge in [0.05, 0.1) is 17.1 Å². The fourth-order valence-corrected chi connectivity index (χ4v) is 5.83. The van der Waals surface area contributed by atoms with Crippen LogP contribution in [0.2, 0.25) is 0 Å². The van der Waals surface area contributed by atoms with Gasteiger partial charge in [0.1, 0.15) is 4.90 Å². The molecule has 0 aliphatic carbocycles. The monoisotopic (exact) mass is 425 g/mol. The average molecular weight is 426 g/mol. The predicted molar refractivity (Wildman–Crippen MR) is 116 cm³/mol. The van der Waals surface area contributed by atoms with Crippen LogP contribution in [0, 0.1) is 13.8 Å². The zero-order chi connectivity index (χ0) is 21.3. The third-order valence-electron chi connectivity index (χ3n) is 5.66. The average Bonchev–Trinajstić information content (AvgIpc) is 3.09. The van der Waals surface area contributed by atoms with Crippen molar-refractivity contribution in [3.05, 3.63) is 53.3 Å². The third kappa shape index (κ3) is 3.77. The van der Waals surface area contributed by atoms with E-state index in [1.165, 1.54) is 5.56 Å². The van der Waals surface area contributed by atoms with E-state index in [4.69, 9.17) is 0 Å². The minimum absolute atomic E-state index is 0.283. The van der Waals surface area contributed by atoms with Crippen molar-refractivity contribution in [2.45, 2.75) is 51.3 Å². The minimum atomic E-state index is -3.57. The molecule has 158 valence electrons. The largest absolute Gasteiger partial charge is 0.246 e. The molecule has 1 saturated heterocycles. The summed E-state index contributed by atoms with van der Waals surface area (Å²) in [4.78, 5) is 0.283. The van der Waals surface area contributed by atoms with E-state index in [9.17, 15) is 8.42 Å². The summed E-state index contributed by atoms with van der Waals surface area (Å²) in [5, 5.41) is 13.1. The van der Waals surface area contributed by atoms with Gasteiger partial charge in [0.25, 0.3) is 0 Å². The van der Waals surface area contributed by atoms with Crippen LogP contribution >= 0.6 is 0 Å². The van der Waals surface area contributed by atoms with Gasteiger partial charge in [0.2, 0.25) is 10.0 Å². The van der Waals surface area contributed by atoms with Crippen LogP contribution in [0.15, 0.2) is 41.3 Å². The summed E-state index contributed by atoms with van der Waals surface area (Å²) < 4.78 is 29.6. The second-order valence-electron chi connectivity index (χ2n) is 7.70. The van der Waals surface area contributed by atoms with Gasteiger partial charge in [-0.2, -0.15) is 9.40 Å². The molecule has 1 aliphatic rings. The molecule has 0 radical (unpaired) electrons. The maximum absolute atomic E-state index is 13.2. The maximum atomic E-state index is 13.2. The summed E-state index contributed by atoms with van der Waals surface area (Å²) in [6, 6.07) is 12.0. The Hall–Kier alpha value is -2.58. The quantitative estimate of drug-likeness (QED) is 0.623. The minimum Gasteiger partial charge on any atom is -0.216 e. The van der Waals surface area contributed by atoms with Gasteiger partial charge in [0.15, 0.2) is 5.82 Å². The Bertz CT molecular complexity index is 1130. The summed E-state index contributed by atoms with van der Waals surface area (Å²) in [7, 11) is -3.57. The molecule has 3 heterocycles. The van der Waals surface area contributed by atoms with Crippen LogP contribution in [0.5, 0.6) is 0 Å². The van der Waals surface area contributed by atoms with Gasteiger partial charge in [-0.1, -0.05) is 37.6 Å². The molecule has 1 aromatic carbocycles. The van der Waals surface area contributed by atoms with Crippen LogP contribution in [-0.4, -0.2) is 45.8 Å². The van der Waals surface area contributed by atoms with E-state index < -0.39 is 10.0 Å². The van der Waals surface area contributed by atoms with Crippen molar-refractivity contribution in [1.29, 1.82) is 0 Å². The molecule has 30 heavy (non-hydrogen) atoms. The Morgan fingerprint density at radius 1 is 0.933 bits per heavy atom. The first-order valence-corrected chi connectivity index (χ1v) is 11.9. The van der Waals surface area contributed by atoms with Crippen LogP contribution in [0.3, 0.4) is 0 Å². The summed E-state index contributed by atoms with van der Waals surface area (Å²) in [6.07, 6.45) is 3.87. The molecule has 2 aromatic heterocycles. The highest BCUT2D eigenvalue weighted by atomic mass is 32.2. The molecular formula is C22H27N5O2S. The predicted octanol–water partition coefficient (Wildman–Crippen LogP) is 3.68. The van der Waals surface area contributed by atoms with Crippen molar-refractivity contribution in [3.8, 4) is 17.1 Å². The lowest BCUT2D eigenvalue weighted by Gasteiger charge is -2.25. The zero-order valence-corrected chi connectivity index (χ0v) is 18.5. The Morgan fingerprint density at radius 2 is 1.63 bits per heavy atom. The standard InChI is InChI=1S/C22H27N5O2S/c1-4-18-8-10-19(11-9-18)20-12-13-21(24-23-20)27-17(3)22(16(2)25-27)30(28,29)26-14-6-5-7-15-26/h8-13H,4-7,14-15H2,1-3H3. The van der Waals surface area contributed by atoms with E-state index in [1.54, 1.807) is 22.8 Å². The summed E-state index contributed by atoms with van der Waals surface area (Å²) in [5.41, 5.74) is 4.08. The van der Waals surface area contributed by atoms with Crippen LogP contribution in [0.4, 0.5) is 0 Å². The Morgan fingerprint density at radius 3 is 2.23 bits per heavy atom. The lowest BCUT2D eigenvalue weighted by Crippen LogP contribution is -2.36. The Balaban J connectivity index is 1.65. The highest BCUT2D eigenvalue weighted by molar-refractivity contribution is 7.89. The molecule has 4 rings (SSSR count). The fourth-order valence-electron chi connectivity index (χ4n) is 3.96. The normalized spacial score (nSPS) is 15.4. The smallest absolute Gasteiger partial charge is 0.216 e. The second kappa shape index (κ2) is 8.28. The highest BCUT2D eigenvalue weighted by Crippen LogP contribution is 2.27. The van der Waals surface area contributed by atoms with Crippen molar-refractivity contribution >= 4 is 10.0 Å². The number of hydrogen-bond acceptors (Lipinski definition) is 5. The van der Waals surface area contributed by atoms with E-state index in [0.717, 1.165) is 36.9 Å². The number of rotatable bonds is 5. The molecule has 1 aliphatic heterocycles. The molecule has 3 aromatic rings. The fraction of sp³-hybridized carbons (Fsp3) is 0.409. The van der Waals surface area contributed by atoms with Gasteiger partial charge >= 0.3 is 0 Å². The van der Waals surface area contributed by atoms with Gasteiger partial charge < -0.3 is 0 Å². The Labute approximate surface area is 177 Å². The van der Waals surface area contributed by atoms with Crippen molar-refractivity contribution in [2.24, 2.45) is 0 Å². The van der Waals surface area contributed by atoms with Crippen LogP contribution < -0.4 is 0 Å². The topological polar surface area (TPSA) is 81.0 Å². The van der Waals surface area contributed by atoms with Gasteiger partial charge in [-0.3, -0.25) is 0 Å². The first-order valence-electron chi connectivity index (χ1n) is 10.4. The molecule has 0 spiro atoms. The SMILES string of the molecule is CCc1ccc(-c2ccc(-n3nc(C)c(S(=O)(=O)N4CCCCC4)c3C)nn2)cc1. The maximum Gasteiger partial charge on any atom is 0.246 e. The number of sulfonamides is 1. The van der Waals surface area contributed by atoms with Gasteiger partial charge in [-0.05, 0) is 50.8 Å². The van der Waals surface area contributed by atoms with E-state index in [2.05, 4.69) is 34.4 Å². The zero-order valence-electron chi connectivity index (χ0n) is 17.7. The highest BCUT2D eigenvalue weighted by Gasteiger charge is 2.32. The third-order valence-corrected chi connectivity index (χ3v) is 7.81. The molecule has 0 saturated carbocycles. The van der Waals surface area contributed by atoms with E-state index in [0.29, 0.717) is 30.3 Å². The number of aryl methyl sites for hydroxylation is 2. The number of aromatic nitrogens is 4. The van der Waals surface area contributed by atoms with Gasteiger partial charge in [-0.25, -0.2) is 13.1 Å². The number of nitrogens with zero attached hydrogens (tertiary/aromatic N) is 5. The molecular weight excluding hydrogens is 398 g/mol. The molecule has 8 heteroatoms. The number of hydrogen-bond donors (Lipinski definition) is 0. The molecule has 0 bridgehead atoms. The molecule has 7 nitrogen and oxygen atoms in total. The first-order chi connectivity index (χ1) is 14.4. The molecule has 0 N–H and O–H groups in total. The van der Waals surface area contributed by atoms with Crippen LogP contribution in [0.1, 0.15) is 43.1 Å².